The predicted molar refractivity (Wildman–Crippen MR) is 66.1 cm³/mol. The van der Waals surface area contributed by atoms with Gasteiger partial charge >= 0.3 is 11.3 Å². The van der Waals surface area contributed by atoms with E-state index in [4.69, 9.17) is 11.6 Å². The zero-order chi connectivity index (χ0) is 13.9. The first kappa shape index (κ1) is 14.6. The molecule has 1 aliphatic rings. The molecule has 0 saturated carbocycles. The van der Waals surface area contributed by atoms with Gasteiger partial charge in [-0.2, -0.15) is 13.8 Å². The molecule has 1 fully saturated rings. The van der Waals surface area contributed by atoms with E-state index in [0.29, 0.717) is 5.82 Å². The molecule has 108 valence electrons. The number of piperazine rings is 1. The molecule has 0 amide bonds. The van der Waals surface area contributed by atoms with Crippen LogP contribution in [0.15, 0.2) is 4.52 Å². The summed E-state index contributed by atoms with van der Waals surface area (Å²) in [6.45, 7) is 5.46. The van der Waals surface area contributed by atoms with E-state index in [-0.39, 0.29) is 6.04 Å². The maximum absolute atomic E-state index is 12.9. The summed E-state index contributed by atoms with van der Waals surface area (Å²) in [4.78, 5) is 5.94. The molecule has 0 bridgehead atoms. The van der Waals surface area contributed by atoms with Crippen LogP contribution in [0.1, 0.15) is 37.5 Å². The van der Waals surface area contributed by atoms with E-state index in [9.17, 15) is 8.78 Å². The van der Waals surface area contributed by atoms with E-state index < -0.39 is 11.3 Å². The van der Waals surface area contributed by atoms with Gasteiger partial charge in [0.25, 0.3) is 0 Å². The Morgan fingerprint density at radius 1 is 1.47 bits per heavy atom. The zero-order valence-electron chi connectivity index (χ0n) is 10.7. The maximum atomic E-state index is 12.9. The Bertz CT molecular complexity index is 404. The van der Waals surface area contributed by atoms with Gasteiger partial charge in [0, 0.05) is 26.2 Å². The molecule has 1 aromatic heterocycles. The van der Waals surface area contributed by atoms with Gasteiger partial charge in [-0.25, -0.2) is 0 Å². The van der Waals surface area contributed by atoms with Crippen LogP contribution in [0.3, 0.4) is 0 Å². The van der Waals surface area contributed by atoms with Crippen LogP contribution in [-0.4, -0.2) is 41.2 Å². The highest BCUT2D eigenvalue weighted by atomic mass is 35.5. The van der Waals surface area contributed by atoms with Crippen molar-refractivity contribution >= 4 is 11.6 Å². The average Bonchev–Trinajstić information content (AvgIpc) is 2.86. The van der Waals surface area contributed by atoms with Crippen LogP contribution < -0.4 is 5.32 Å². The minimum Gasteiger partial charge on any atom is -0.331 e. The summed E-state index contributed by atoms with van der Waals surface area (Å²) in [5, 5.41) is 3.30. The second kappa shape index (κ2) is 6.11. The molecule has 1 aromatic rings. The lowest BCUT2D eigenvalue weighted by atomic mass is 10.1. The topological polar surface area (TPSA) is 54.2 Å². The summed E-state index contributed by atoms with van der Waals surface area (Å²) in [7, 11) is 0. The summed E-state index contributed by atoms with van der Waals surface area (Å²) in [6.07, 6.45) is 1.71. The first-order chi connectivity index (χ1) is 9.02. The van der Waals surface area contributed by atoms with Crippen LogP contribution in [0.2, 0.25) is 0 Å². The second-order valence-electron chi connectivity index (χ2n) is 4.55. The van der Waals surface area contributed by atoms with E-state index in [1.807, 2.05) is 6.92 Å². The molecule has 0 spiro atoms. The molecule has 8 heteroatoms. The van der Waals surface area contributed by atoms with Crippen LogP contribution in [-0.2, 0) is 5.38 Å². The normalized spacial score (nSPS) is 19.6. The minimum absolute atomic E-state index is 0.0939. The molecule has 1 aliphatic heterocycles. The van der Waals surface area contributed by atoms with Crippen molar-refractivity contribution in [2.24, 2.45) is 0 Å². The van der Waals surface area contributed by atoms with Crippen molar-refractivity contribution in [3.05, 3.63) is 11.7 Å². The van der Waals surface area contributed by atoms with Gasteiger partial charge in [-0.05, 0) is 18.0 Å². The van der Waals surface area contributed by atoms with Gasteiger partial charge in [-0.1, -0.05) is 18.5 Å². The van der Waals surface area contributed by atoms with Crippen molar-refractivity contribution in [3.63, 3.8) is 0 Å². The molecule has 1 atom stereocenters. The number of nitrogens with zero attached hydrogens (tertiary/aromatic N) is 3. The quantitative estimate of drug-likeness (QED) is 0.843. The number of hydrogen-bond acceptors (Lipinski definition) is 5. The smallest absolute Gasteiger partial charge is 0.331 e. The number of nitrogens with one attached hydrogen (secondary N) is 1. The molecule has 1 unspecified atom stereocenters. The Balaban J connectivity index is 2.16. The van der Waals surface area contributed by atoms with Crippen LogP contribution in [0.5, 0.6) is 0 Å². The van der Waals surface area contributed by atoms with E-state index in [1.54, 1.807) is 0 Å². The van der Waals surface area contributed by atoms with E-state index in [2.05, 4.69) is 24.9 Å². The SMILES string of the molecule is CCCC(c1noc(C(F)(F)Cl)n1)N1CCNCC1. The Hall–Kier alpha value is -0.790. The molecule has 0 aliphatic carbocycles. The van der Waals surface area contributed by atoms with Crippen molar-refractivity contribution in [3.8, 4) is 0 Å². The van der Waals surface area contributed by atoms with Gasteiger partial charge in [0.1, 0.15) is 0 Å². The highest BCUT2D eigenvalue weighted by Crippen LogP contribution is 2.32. The van der Waals surface area contributed by atoms with E-state index in [0.717, 1.165) is 39.0 Å². The van der Waals surface area contributed by atoms with Crippen LogP contribution in [0.4, 0.5) is 8.78 Å². The number of hydrogen-bond donors (Lipinski definition) is 1. The third kappa shape index (κ3) is 3.61. The molecular formula is C11H17ClF2N4O. The predicted octanol–water partition coefficient (Wildman–Crippen LogP) is 2.10. The Kier molecular flexibility index (Phi) is 4.70. The molecule has 19 heavy (non-hydrogen) atoms. The lowest BCUT2D eigenvalue weighted by Crippen LogP contribution is -2.45. The molecule has 5 nitrogen and oxygen atoms in total. The molecule has 2 heterocycles. The fourth-order valence-electron chi connectivity index (χ4n) is 2.23. The average molecular weight is 295 g/mol. The lowest BCUT2D eigenvalue weighted by molar-refractivity contribution is 0.0550. The zero-order valence-corrected chi connectivity index (χ0v) is 11.5. The fraction of sp³-hybridized carbons (Fsp3) is 0.818. The van der Waals surface area contributed by atoms with Crippen LogP contribution in [0, 0.1) is 0 Å². The maximum Gasteiger partial charge on any atom is 0.400 e. The standard InChI is InChI=1S/C11H17ClF2N4O/c1-2-3-8(18-6-4-15-5-7-18)9-16-10(19-17-9)11(12,13)14/h8,15H,2-7H2,1H3. The molecule has 0 aromatic carbocycles. The summed E-state index contributed by atoms with van der Waals surface area (Å²) in [6, 6.07) is -0.0939. The lowest BCUT2D eigenvalue weighted by Gasteiger charge is -2.33. The van der Waals surface area contributed by atoms with Gasteiger partial charge in [0.05, 0.1) is 6.04 Å². The molecule has 1 saturated heterocycles. The van der Waals surface area contributed by atoms with Crippen LogP contribution >= 0.6 is 11.6 Å². The largest absolute Gasteiger partial charge is 0.400 e. The van der Waals surface area contributed by atoms with Gasteiger partial charge in [-0.3, -0.25) is 4.90 Å². The van der Waals surface area contributed by atoms with E-state index >= 15 is 0 Å². The Morgan fingerprint density at radius 3 is 2.68 bits per heavy atom. The third-order valence-corrected chi connectivity index (χ3v) is 3.30. The van der Waals surface area contributed by atoms with Gasteiger partial charge in [-0.15, -0.1) is 0 Å². The van der Waals surface area contributed by atoms with Crippen molar-refractivity contribution in [1.29, 1.82) is 0 Å². The number of aromatic nitrogens is 2. The van der Waals surface area contributed by atoms with Gasteiger partial charge in [0.2, 0.25) is 0 Å². The first-order valence-electron chi connectivity index (χ1n) is 6.38. The van der Waals surface area contributed by atoms with E-state index in [1.165, 1.54) is 0 Å². The van der Waals surface area contributed by atoms with Crippen molar-refractivity contribution in [2.75, 3.05) is 26.2 Å². The van der Waals surface area contributed by atoms with Crippen LogP contribution in [0.25, 0.3) is 0 Å². The molecule has 0 radical (unpaired) electrons. The monoisotopic (exact) mass is 294 g/mol. The second-order valence-corrected chi connectivity index (χ2v) is 5.02. The Morgan fingerprint density at radius 2 is 2.16 bits per heavy atom. The fourth-order valence-corrected chi connectivity index (χ4v) is 2.30. The highest BCUT2D eigenvalue weighted by Gasteiger charge is 2.37. The summed E-state index contributed by atoms with van der Waals surface area (Å²) < 4.78 is 30.4. The number of halogens is 3. The minimum atomic E-state index is -3.61. The number of alkyl halides is 3. The Labute approximate surface area is 115 Å². The van der Waals surface area contributed by atoms with Crippen molar-refractivity contribution in [1.82, 2.24) is 20.4 Å². The summed E-state index contributed by atoms with van der Waals surface area (Å²) in [5.74, 6) is -0.542. The third-order valence-electron chi connectivity index (χ3n) is 3.14. The van der Waals surface area contributed by atoms with Gasteiger partial charge < -0.3 is 9.84 Å². The molecular weight excluding hydrogens is 278 g/mol. The van der Waals surface area contributed by atoms with Gasteiger partial charge in [0.15, 0.2) is 5.82 Å². The number of rotatable bonds is 5. The van der Waals surface area contributed by atoms with Crippen molar-refractivity contribution < 1.29 is 13.3 Å². The summed E-state index contributed by atoms with van der Waals surface area (Å²) >= 11 is 4.89. The summed E-state index contributed by atoms with van der Waals surface area (Å²) in [5.41, 5.74) is 0. The molecule has 2 rings (SSSR count). The highest BCUT2D eigenvalue weighted by molar-refractivity contribution is 6.21. The molecule has 1 N–H and O–H groups in total. The first-order valence-corrected chi connectivity index (χ1v) is 6.75. The van der Waals surface area contributed by atoms with Crippen molar-refractivity contribution in [2.45, 2.75) is 31.2 Å².